The first-order valence-electron chi connectivity index (χ1n) is 2.83. The third-order valence-electron chi connectivity index (χ3n) is 0.889. The molecule has 0 spiro atoms. The minimum atomic E-state index is 0.567. The lowest BCUT2D eigenvalue weighted by Gasteiger charge is -1.96. The molecule has 0 amide bonds. The van der Waals surface area contributed by atoms with Crippen LogP contribution < -0.4 is 11.2 Å². The Morgan fingerprint density at radius 2 is 2.56 bits per heavy atom. The zero-order chi connectivity index (χ0) is 7.11. The Balaban J connectivity index is 3.45. The Labute approximate surface area is 54.6 Å². The predicted molar refractivity (Wildman–Crippen MR) is 38.9 cm³/mol. The van der Waals surface area contributed by atoms with Crippen LogP contribution in [0.15, 0.2) is 5.10 Å². The van der Waals surface area contributed by atoms with E-state index in [0.29, 0.717) is 12.3 Å². The lowest BCUT2D eigenvalue weighted by atomic mass is 10.4. The Bertz CT molecular complexity index is 108. The number of hydrogen-bond donors (Lipinski definition) is 3. The van der Waals surface area contributed by atoms with Gasteiger partial charge in [0.1, 0.15) is 0 Å². The van der Waals surface area contributed by atoms with Crippen LogP contribution in [0, 0.1) is 5.41 Å². The summed E-state index contributed by atoms with van der Waals surface area (Å²) < 4.78 is 0. The summed E-state index contributed by atoms with van der Waals surface area (Å²) in [5, 5.41) is 13.1. The molecule has 0 fully saturated rings. The largest absolute Gasteiger partial charge is 0.323 e. The fraction of sp³-hybridized carbons (Fsp3) is 0.600. The average Bonchev–Trinajstić information content (AvgIpc) is 1.91. The van der Waals surface area contributed by atoms with Gasteiger partial charge in [-0.3, -0.25) is 0 Å². The molecule has 0 aliphatic carbocycles. The Morgan fingerprint density at radius 3 is 2.89 bits per heavy atom. The van der Waals surface area contributed by atoms with Gasteiger partial charge >= 0.3 is 0 Å². The molecule has 0 radical (unpaired) electrons. The maximum atomic E-state index is 6.76. The maximum absolute atomic E-state index is 6.76. The monoisotopic (exact) mass is 128 g/mol. The summed E-state index contributed by atoms with van der Waals surface area (Å²) in [6, 6.07) is 0. The highest BCUT2D eigenvalue weighted by Crippen LogP contribution is 1.65. The summed E-state index contributed by atoms with van der Waals surface area (Å²) in [4.78, 5) is 0. The second kappa shape index (κ2) is 5.24. The molecule has 0 aliphatic rings. The SMILES string of the molecule is CCNCC(C=N)=NN. The van der Waals surface area contributed by atoms with Crippen LogP contribution in [0.1, 0.15) is 6.92 Å². The van der Waals surface area contributed by atoms with Gasteiger partial charge in [0.05, 0.1) is 5.71 Å². The molecule has 0 saturated heterocycles. The van der Waals surface area contributed by atoms with Gasteiger partial charge in [-0.1, -0.05) is 6.92 Å². The number of nitrogens with two attached hydrogens (primary N) is 1. The molecular formula is C5H12N4. The van der Waals surface area contributed by atoms with Gasteiger partial charge in [0, 0.05) is 12.8 Å². The zero-order valence-corrected chi connectivity index (χ0v) is 5.52. The molecule has 0 aromatic heterocycles. The molecule has 0 bridgehead atoms. The van der Waals surface area contributed by atoms with Gasteiger partial charge in [0.15, 0.2) is 0 Å². The number of nitrogens with one attached hydrogen (secondary N) is 2. The van der Waals surface area contributed by atoms with Crippen LogP contribution >= 0.6 is 0 Å². The van der Waals surface area contributed by atoms with Crippen molar-refractivity contribution in [1.82, 2.24) is 5.32 Å². The van der Waals surface area contributed by atoms with E-state index in [1.807, 2.05) is 6.92 Å². The summed E-state index contributed by atoms with van der Waals surface area (Å²) >= 11 is 0. The van der Waals surface area contributed by atoms with E-state index in [-0.39, 0.29) is 0 Å². The van der Waals surface area contributed by atoms with Crippen molar-refractivity contribution in [3.63, 3.8) is 0 Å². The van der Waals surface area contributed by atoms with Crippen molar-refractivity contribution in [3.05, 3.63) is 0 Å². The third-order valence-corrected chi connectivity index (χ3v) is 0.889. The summed E-state index contributed by atoms with van der Waals surface area (Å²) in [6.45, 7) is 3.43. The topological polar surface area (TPSA) is 74.3 Å². The highest BCUT2D eigenvalue weighted by atomic mass is 15.1. The molecule has 0 rings (SSSR count). The van der Waals surface area contributed by atoms with Gasteiger partial charge in [-0.2, -0.15) is 5.10 Å². The fourth-order valence-corrected chi connectivity index (χ4v) is 0.387. The number of rotatable bonds is 4. The van der Waals surface area contributed by atoms with E-state index in [1.165, 1.54) is 0 Å². The summed E-state index contributed by atoms with van der Waals surface area (Å²) in [6.07, 6.45) is 1.14. The Kier molecular flexibility index (Phi) is 4.72. The van der Waals surface area contributed by atoms with E-state index in [4.69, 9.17) is 11.3 Å². The van der Waals surface area contributed by atoms with E-state index in [2.05, 4.69) is 10.4 Å². The molecule has 4 nitrogen and oxygen atoms in total. The maximum Gasteiger partial charge on any atom is 0.0913 e. The van der Waals surface area contributed by atoms with Gasteiger partial charge in [0.25, 0.3) is 0 Å². The second-order valence-corrected chi connectivity index (χ2v) is 1.55. The first-order valence-corrected chi connectivity index (χ1v) is 2.83. The van der Waals surface area contributed by atoms with Gasteiger partial charge in [-0.15, -0.1) is 0 Å². The Morgan fingerprint density at radius 1 is 1.89 bits per heavy atom. The molecular weight excluding hydrogens is 116 g/mol. The fourth-order valence-electron chi connectivity index (χ4n) is 0.387. The lowest BCUT2D eigenvalue weighted by molar-refractivity contribution is 0.818. The molecule has 0 saturated carbocycles. The highest BCUT2D eigenvalue weighted by Gasteiger charge is 1.89. The van der Waals surface area contributed by atoms with Crippen LogP contribution in [-0.4, -0.2) is 25.0 Å². The van der Waals surface area contributed by atoms with Crippen molar-refractivity contribution in [2.75, 3.05) is 13.1 Å². The van der Waals surface area contributed by atoms with Crippen molar-refractivity contribution < 1.29 is 0 Å². The van der Waals surface area contributed by atoms with Gasteiger partial charge in [-0.05, 0) is 6.54 Å². The standard InChI is InChI=1S/C5H12N4/c1-2-8-4-5(3-6)9-7/h3,6,8H,2,4,7H2,1H3. The van der Waals surface area contributed by atoms with Crippen molar-refractivity contribution in [3.8, 4) is 0 Å². The number of hydrazone groups is 1. The lowest BCUT2D eigenvalue weighted by Crippen LogP contribution is -2.24. The first-order chi connectivity index (χ1) is 4.35. The third kappa shape index (κ3) is 3.66. The van der Waals surface area contributed by atoms with Crippen LogP contribution in [0.4, 0.5) is 0 Å². The number of nitrogens with zero attached hydrogens (tertiary/aromatic N) is 1. The summed E-state index contributed by atoms with van der Waals surface area (Å²) in [5.41, 5.74) is 0.567. The van der Waals surface area contributed by atoms with Gasteiger partial charge < -0.3 is 16.6 Å². The molecule has 9 heavy (non-hydrogen) atoms. The smallest absolute Gasteiger partial charge is 0.0913 e. The predicted octanol–water partition coefficient (Wildman–Crippen LogP) is -0.440. The van der Waals surface area contributed by atoms with Gasteiger partial charge in [0.2, 0.25) is 0 Å². The summed E-state index contributed by atoms with van der Waals surface area (Å²) in [5.74, 6) is 4.92. The van der Waals surface area contributed by atoms with Crippen LogP contribution in [-0.2, 0) is 0 Å². The average molecular weight is 128 g/mol. The second-order valence-electron chi connectivity index (χ2n) is 1.55. The highest BCUT2D eigenvalue weighted by molar-refractivity contribution is 6.30. The molecule has 0 aromatic rings. The van der Waals surface area contributed by atoms with Crippen LogP contribution in [0.5, 0.6) is 0 Å². The molecule has 0 heterocycles. The molecule has 52 valence electrons. The molecule has 4 heteroatoms. The van der Waals surface area contributed by atoms with E-state index in [1.54, 1.807) is 0 Å². The molecule has 0 aromatic carbocycles. The van der Waals surface area contributed by atoms with E-state index < -0.39 is 0 Å². The quantitative estimate of drug-likeness (QED) is 0.273. The normalized spacial score (nSPS) is 11.4. The van der Waals surface area contributed by atoms with E-state index >= 15 is 0 Å². The van der Waals surface area contributed by atoms with Crippen molar-refractivity contribution in [1.29, 1.82) is 5.41 Å². The van der Waals surface area contributed by atoms with Crippen LogP contribution in [0.3, 0.4) is 0 Å². The zero-order valence-electron chi connectivity index (χ0n) is 5.52. The Hall–Kier alpha value is -0.900. The molecule has 0 atom stereocenters. The first kappa shape index (κ1) is 8.10. The van der Waals surface area contributed by atoms with E-state index in [9.17, 15) is 0 Å². The van der Waals surface area contributed by atoms with Crippen molar-refractivity contribution >= 4 is 11.9 Å². The van der Waals surface area contributed by atoms with Gasteiger partial charge in [-0.25, -0.2) is 0 Å². The minimum Gasteiger partial charge on any atom is -0.323 e. The number of hydrogen-bond acceptors (Lipinski definition) is 4. The summed E-state index contributed by atoms with van der Waals surface area (Å²) in [7, 11) is 0. The van der Waals surface area contributed by atoms with Crippen molar-refractivity contribution in [2.24, 2.45) is 10.9 Å². The minimum absolute atomic E-state index is 0.567. The molecule has 0 aliphatic heterocycles. The van der Waals surface area contributed by atoms with Crippen LogP contribution in [0.25, 0.3) is 0 Å². The molecule has 4 N–H and O–H groups in total. The molecule has 0 unspecified atom stereocenters. The van der Waals surface area contributed by atoms with Crippen molar-refractivity contribution in [2.45, 2.75) is 6.92 Å². The van der Waals surface area contributed by atoms with E-state index in [0.717, 1.165) is 12.8 Å². The van der Waals surface area contributed by atoms with Crippen LogP contribution in [0.2, 0.25) is 0 Å².